The van der Waals surface area contributed by atoms with Crippen LogP contribution in [0.2, 0.25) is 5.02 Å². The van der Waals surface area contributed by atoms with Crippen molar-refractivity contribution in [1.29, 1.82) is 0 Å². The molecular formula is C14H21ClN2O2S. The lowest BCUT2D eigenvalue weighted by Crippen LogP contribution is -2.28. The third-order valence-corrected chi connectivity index (χ3v) is 5.61. The van der Waals surface area contributed by atoms with E-state index in [4.69, 9.17) is 11.6 Å². The van der Waals surface area contributed by atoms with Crippen molar-refractivity contribution >= 4 is 21.6 Å². The molecule has 0 spiro atoms. The Balaban J connectivity index is 2.12. The van der Waals surface area contributed by atoms with E-state index in [1.54, 1.807) is 12.1 Å². The number of hydrogen-bond acceptors (Lipinski definition) is 3. The second kappa shape index (κ2) is 6.89. The molecule has 0 aliphatic heterocycles. The summed E-state index contributed by atoms with van der Waals surface area (Å²) in [6, 6.07) is 5.10. The van der Waals surface area contributed by atoms with Crippen molar-refractivity contribution in [2.75, 3.05) is 13.6 Å². The highest BCUT2D eigenvalue weighted by atomic mass is 35.5. The molecule has 2 N–H and O–H groups in total. The summed E-state index contributed by atoms with van der Waals surface area (Å²) in [4.78, 5) is 0.171. The van der Waals surface area contributed by atoms with Crippen molar-refractivity contribution in [3.05, 3.63) is 28.8 Å². The fourth-order valence-electron chi connectivity index (χ4n) is 2.59. The largest absolute Gasteiger partial charge is 0.316 e. The molecule has 6 heteroatoms. The molecule has 0 atom stereocenters. The van der Waals surface area contributed by atoms with Crippen LogP contribution in [-0.4, -0.2) is 22.0 Å². The summed E-state index contributed by atoms with van der Waals surface area (Å²) in [5, 5.41) is 3.27. The van der Waals surface area contributed by atoms with Gasteiger partial charge in [0.05, 0.1) is 5.02 Å². The summed E-state index contributed by atoms with van der Waals surface area (Å²) >= 11 is 6.04. The molecule has 20 heavy (non-hydrogen) atoms. The van der Waals surface area contributed by atoms with Crippen molar-refractivity contribution in [2.45, 2.75) is 37.1 Å². The third-order valence-electron chi connectivity index (χ3n) is 3.70. The Hall–Kier alpha value is -0.620. The first-order valence-corrected chi connectivity index (χ1v) is 8.82. The van der Waals surface area contributed by atoms with E-state index in [1.807, 2.05) is 13.1 Å². The molecule has 2 rings (SSSR count). The van der Waals surface area contributed by atoms with E-state index in [2.05, 4.69) is 10.0 Å². The fourth-order valence-corrected chi connectivity index (χ4v) is 4.25. The maximum absolute atomic E-state index is 12.4. The molecule has 0 saturated heterocycles. The van der Waals surface area contributed by atoms with E-state index in [0.29, 0.717) is 19.0 Å². The van der Waals surface area contributed by atoms with Gasteiger partial charge in [-0.1, -0.05) is 30.5 Å². The smallest absolute Gasteiger partial charge is 0.242 e. The van der Waals surface area contributed by atoms with Crippen LogP contribution in [0.1, 0.15) is 31.2 Å². The van der Waals surface area contributed by atoms with Crippen molar-refractivity contribution < 1.29 is 8.42 Å². The van der Waals surface area contributed by atoms with Crippen LogP contribution in [0.15, 0.2) is 23.1 Å². The monoisotopic (exact) mass is 316 g/mol. The normalized spacial score (nSPS) is 16.7. The molecular weight excluding hydrogens is 296 g/mol. The van der Waals surface area contributed by atoms with Crippen LogP contribution in [0.3, 0.4) is 0 Å². The molecule has 0 radical (unpaired) electrons. The van der Waals surface area contributed by atoms with Crippen LogP contribution in [0, 0.1) is 5.92 Å². The number of halogens is 1. The third kappa shape index (κ3) is 3.95. The first kappa shape index (κ1) is 15.8. The van der Waals surface area contributed by atoms with E-state index >= 15 is 0 Å². The number of benzene rings is 1. The minimum Gasteiger partial charge on any atom is -0.316 e. The second-order valence-corrected chi connectivity index (χ2v) is 7.44. The summed E-state index contributed by atoms with van der Waals surface area (Å²) in [5.74, 6) is 0.462. The molecule has 1 fully saturated rings. The lowest BCUT2D eigenvalue weighted by molar-refractivity contribution is 0.519. The van der Waals surface area contributed by atoms with Crippen LogP contribution < -0.4 is 10.0 Å². The van der Waals surface area contributed by atoms with Gasteiger partial charge in [-0.3, -0.25) is 0 Å². The van der Waals surface area contributed by atoms with Gasteiger partial charge >= 0.3 is 0 Å². The van der Waals surface area contributed by atoms with Gasteiger partial charge in [-0.15, -0.1) is 0 Å². The molecule has 0 amide bonds. The molecule has 1 aromatic carbocycles. The number of nitrogens with one attached hydrogen (secondary N) is 2. The van der Waals surface area contributed by atoms with Gasteiger partial charge in [-0.05, 0) is 43.5 Å². The molecule has 0 aromatic heterocycles. The summed E-state index contributed by atoms with van der Waals surface area (Å²) in [5.41, 5.74) is 0.901. The summed E-state index contributed by atoms with van der Waals surface area (Å²) in [6.45, 7) is 1.12. The molecule has 1 saturated carbocycles. The minimum absolute atomic E-state index is 0.171. The average molecular weight is 317 g/mol. The van der Waals surface area contributed by atoms with Crippen LogP contribution in [-0.2, 0) is 16.6 Å². The number of hydrogen-bond donors (Lipinski definition) is 2. The van der Waals surface area contributed by atoms with Crippen molar-refractivity contribution in [2.24, 2.45) is 5.92 Å². The van der Waals surface area contributed by atoms with Gasteiger partial charge < -0.3 is 5.32 Å². The molecule has 0 bridgehead atoms. The van der Waals surface area contributed by atoms with E-state index < -0.39 is 10.0 Å². The Morgan fingerprint density at radius 2 is 2.00 bits per heavy atom. The van der Waals surface area contributed by atoms with Crippen LogP contribution in [0.5, 0.6) is 0 Å². The zero-order valence-electron chi connectivity index (χ0n) is 11.7. The minimum atomic E-state index is -3.53. The Bertz CT molecular complexity index is 554. The highest BCUT2D eigenvalue weighted by Gasteiger charge is 2.21. The maximum Gasteiger partial charge on any atom is 0.242 e. The summed E-state index contributed by atoms with van der Waals surface area (Å²) in [6.07, 6.45) is 4.61. The van der Waals surface area contributed by atoms with Crippen molar-refractivity contribution in [3.63, 3.8) is 0 Å². The SMILES string of the molecule is CNCc1ccc(Cl)c(S(=O)(=O)NCC2CCCC2)c1. The molecule has 1 aromatic rings. The van der Waals surface area contributed by atoms with Crippen molar-refractivity contribution in [1.82, 2.24) is 10.0 Å². The van der Waals surface area contributed by atoms with E-state index in [9.17, 15) is 8.42 Å². The first-order valence-electron chi connectivity index (χ1n) is 6.95. The van der Waals surface area contributed by atoms with Gasteiger partial charge in [0.25, 0.3) is 0 Å². The maximum atomic E-state index is 12.4. The molecule has 1 aliphatic rings. The summed E-state index contributed by atoms with van der Waals surface area (Å²) in [7, 11) is -1.71. The van der Waals surface area contributed by atoms with Gasteiger partial charge in [0.15, 0.2) is 0 Å². The zero-order valence-corrected chi connectivity index (χ0v) is 13.2. The zero-order chi connectivity index (χ0) is 14.6. The Labute approximate surface area is 126 Å². The molecule has 0 heterocycles. The van der Waals surface area contributed by atoms with E-state index in [-0.39, 0.29) is 9.92 Å². The molecule has 112 valence electrons. The van der Waals surface area contributed by atoms with Gasteiger partial charge in [-0.2, -0.15) is 0 Å². The highest BCUT2D eigenvalue weighted by Crippen LogP contribution is 2.26. The predicted molar refractivity (Wildman–Crippen MR) is 81.4 cm³/mol. The first-order chi connectivity index (χ1) is 9.53. The highest BCUT2D eigenvalue weighted by molar-refractivity contribution is 7.89. The fraction of sp³-hybridized carbons (Fsp3) is 0.571. The summed E-state index contributed by atoms with van der Waals surface area (Å²) < 4.78 is 27.4. The molecule has 1 aliphatic carbocycles. The Morgan fingerprint density at radius 3 is 2.65 bits per heavy atom. The van der Waals surface area contributed by atoms with E-state index in [1.165, 1.54) is 12.8 Å². The van der Waals surface area contributed by atoms with Gasteiger partial charge in [0, 0.05) is 13.1 Å². The van der Waals surface area contributed by atoms with Gasteiger partial charge in [0.1, 0.15) is 4.90 Å². The Kier molecular flexibility index (Phi) is 5.43. The van der Waals surface area contributed by atoms with Crippen molar-refractivity contribution in [3.8, 4) is 0 Å². The standard InChI is InChI=1S/C14H21ClN2O2S/c1-16-9-12-6-7-13(15)14(8-12)20(18,19)17-10-11-4-2-3-5-11/h6-8,11,16-17H,2-5,9-10H2,1H3. The van der Waals surface area contributed by atoms with Crippen LogP contribution >= 0.6 is 11.6 Å². The van der Waals surface area contributed by atoms with E-state index in [0.717, 1.165) is 18.4 Å². The Morgan fingerprint density at radius 1 is 1.30 bits per heavy atom. The average Bonchev–Trinajstić information content (AvgIpc) is 2.92. The topological polar surface area (TPSA) is 58.2 Å². The quantitative estimate of drug-likeness (QED) is 0.848. The molecule has 0 unspecified atom stereocenters. The number of sulfonamides is 1. The van der Waals surface area contributed by atoms with Gasteiger partial charge in [0.2, 0.25) is 10.0 Å². The van der Waals surface area contributed by atoms with Crippen LogP contribution in [0.4, 0.5) is 0 Å². The second-order valence-electron chi connectivity index (χ2n) is 5.30. The van der Waals surface area contributed by atoms with Crippen LogP contribution in [0.25, 0.3) is 0 Å². The molecule has 4 nitrogen and oxygen atoms in total. The predicted octanol–water partition coefficient (Wildman–Crippen LogP) is 2.53. The lowest BCUT2D eigenvalue weighted by atomic mass is 10.1. The number of rotatable bonds is 6. The van der Waals surface area contributed by atoms with Gasteiger partial charge in [-0.25, -0.2) is 13.1 Å². The lowest BCUT2D eigenvalue weighted by Gasteiger charge is -2.13.